The maximum Gasteiger partial charge on any atom is 0.137 e. The van der Waals surface area contributed by atoms with E-state index in [9.17, 15) is 5.11 Å². The molecule has 18 heavy (non-hydrogen) atoms. The molecule has 0 radical (unpaired) electrons. The van der Waals surface area contributed by atoms with Crippen LogP contribution in [0, 0.1) is 12.8 Å². The topological polar surface area (TPSA) is 40.8 Å². The zero-order chi connectivity index (χ0) is 12.5. The molecule has 1 aliphatic heterocycles. The number of rotatable bonds is 3. The van der Waals surface area contributed by atoms with Crippen molar-refractivity contribution in [2.24, 2.45) is 5.92 Å². The van der Waals surface area contributed by atoms with E-state index in [1.54, 1.807) is 0 Å². The molecule has 96 valence electrons. The van der Waals surface area contributed by atoms with Gasteiger partial charge in [-0.1, -0.05) is 6.07 Å². The minimum absolute atomic E-state index is 0.308. The van der Waals surface area contributed by atoms with Crippen LogP contribution in [0.25, 0.3) is 5.65 Å². The number of pyridine rings is 1. The molecule has 1 N–H and O–H groups in total. The molecule has 2 aromatic heterocycles. The van der Waals surface area contributed by atoms with Gasteiger partial charge in [0.25, 0.3) is 0 Å². The summed E-state index contributed by atoms with van der Waals surface area (Å²) < 4.78 is 2.17. The van der Waals surface area contributed by atoms with Crippen molar-refractivity contribution in [1.29, 1.82) is 0 Å². The minimum atomic E-state index is 0.308. The number of aliphatic hydroxyl groups excluding tert-OH is 1. The summed E-state index contributed by atoms with van der Waals surface area (Å²) in [4.78, 5) is 6.99. The molecule has 0 spiro atoms. The van der Waals surface area contributed by atoms with E-state index in [4.69, 9.17) is 0 Å². The highest BCUT2D eigenvalue weighted by atomic mass is 16.3. The smallest absolute Gasteiger partial charge is 0.137 e. The second-order valence-corrected chi connectivity index (χ2v) is 5.15. The first-order valence-electron chi connectivity index (χ1n) is 6.53. The molecule has 3 heterocycles. The van der Waals surface area contributed by atoms with E-state index in [1.807, 2.05) is 18.2 Å². The van der Waals surface area contributed by atoms with Crippen LogP contribution in [0.5, 0.6) is 0 Å². The Balaban J connectivity index is 1.84. The van der Waals surface area contributed by atoms with Gasteiger partial charge in [0.2, 0.25) is 0 Å². The van der Waals surface area contributed by atoms with Crippen LogP contribution in [-0.4, -0.2) is 39.1 Å². The van der Waals surface area contributed by atoms with Crippen LogP contribution in [0.15, 0.2) is 24.4 Å². The van der Waals surface area contributed by atoms with Gasteiger partial charge in [-0.25, -0.2) is 4.98 Å². The Morgan fingerprint density at radius 1 is 1.44 bits per heavy atom. The van der Waals surface area contributed by atoms with E-state index in [0.717, 1.165) is 37.4 Å². The lowest BCUT2D eigenvalue weighted by atomic mass is 10.1. The summed E-state index contributed by atoms with van der Waals surface area (Å²) in [6, 6.07) is 6.10. The van der Waals surface area contributed by atoms with Crippen LogP contribution in [0.4, 0.5) is 0 Å². The van der Waals surface area contributed by atoms with Crippen molar-refractivity contribution in [3.63, 3.8) is 0 Å². The minimum Gasteiger partial charge on any atom is -0.396 e. The first-order valence-corrected chi connectivity index (χ1v) is 6.53. The predicted molar refractivity (Wildman–Crippen MR) is 70.4 cm³/mol. The molecule has 0 amide bonds. The lowest BCUT2D eigenvalue weighted by Crippen LogP contribution is -2.22. The normalized spacial score (nSPS) is 20.9. The molecular formula is C14H19N3O. The molecule has 1 fully saturated rings. The van der Waals surface area contributed by atoms with Gasteiger partial charge in [-0.05, 0) is 37.9 Å². The van der Waals surface area contributed by atoms with Gasteiger partial charge in [0.15, 0.2) is 0 Å². The number of hydrogen-bond donors (Lipinski definition) is 1. The van der Waals surface area contributed by atoms with Crippen LogP contribution >= 0.6 is 0 Å². The van der Waals surface area contributed by atoms with Gasteiger partial charge in [0.1, 0.15) is 5.65 Å². The molecule has 2 aromatic rings. The summed E-state index contributed by atoms with van der Waals surface area (Å²) in [6.07, 6.45) is 3.18. The zero-order valence-corrected chi connectivity index (χ0v) is 10.7. The van der Waals surface area contributed by atoms with Gasteiger partial charge in [0, 0.05) is 25.9 Å². The third-order valence-corrected chi connectivity index (χ3v) is 3.83. The van der Waals surface area contributed by atoms with Crippen molar-refractivity contribution in [2.75, 3.05) is 19.7 Å². The van der Waals surface area contributed by atoms with Crippen molar-refractivity contribution in [2.45, 2.75) is 19.9 Å². The Morgan fingerprint density at radius 2 is 2.33 bits per heavy atom. The maximum absolute atomic E-state index is 9.19. The Labute approximate surface area is 107 Å². The second kappa shape index (κ2) is 4.71. The van der Waals surface area contributed by atoms with Crippen molar-refractivity contribution in [3.05, 3.63) is 35.8 Å². The highest BCUT2D eigenvalue weighted by Gasteiger charge is 2.23. The average Bonchev–Trinajstić information content (AvgIpc) is 2.96. The molecule has 1 atom stereocenters. The lowest BCUT2D eigenvalue weighted by Gasteiger charge is -2.15. The van der Waals surface area contributed by atoms with E-state index in [-0.39, 0.29) is 0 Å². The summed E-state index contributed by atoms with van der Waals surface area (Å²) >= 11 is 0. The number of aromatic nitrogens is 2. The SMILES string of the molecule is Cc1nc2ccccn2c1CN1CCC(CO)C1. The molecule has 0 aromatic carbocycles. The first kappa shape index (κ1) is 11.7. The molecule has 0 aliphatic carbocycles. The largest absolute Gasteiger partial charge is 0.396 e. The number of hydrogen-bond acceptors (Lipinski definition) is 3. The van der Waals surface area contributed by atoms with E-state index in [2.05, 4.69) is 27.4 Å². The molecule has 1 saturated heterocycles. The number of nitrogens with zero attached hydrogens (tertiary/aromatic N) is 3. The van der Waals surface area contributed by atoms with E-state index < -0.39 is 0 Å². The van der Waals surface area contributed by atoms with Crippen LogP contribution in [0.2, 0.25) is 0 Å². The van der Waals surface area contributed by atoms with E-state index in [1.165, 1.54) is 5.69 Å². The monoisotopic (exact) mass is 245 g/mol. The van der Waals surface area contributed by atoms with Gasteiger partial charge < -0.3 is 9.51 Å². The fourth-order valence-electron chi connectivity index (χ4n) is 2.77. The van der Waals surface area contributed by atoms with Crippen molar-refractivity contribution >= 4 is 5.65 Å². The maximum atomic E-state index is 9.19. The molecule has 1 unspecified atom stereocenters. The van der Waals surface area contributed by atoms with Gasteiger partial charge in [-0.15, -0.1) is 0 Å². The molecule has 4 nitrogen and oxygen atoms in total. The summed E-state index contributed by atoms with van der Waals surface area (Å²) in [5.74, 6) is 0.449. The molecule has 1 aliphatic rings. The number of aliphatic hydroxyl groups is 1. The molecular weight excluding hydrogens is 226 g/mol. The molecule has 0 saturated carbocycles. The van der Waals surface area contributed by atoms with Crippen LogP contribution in [0.3, 0.4) is 0 Å². The van der Waals surface area contributed by atoms with E-state index in [0.29, 0.717) is 12.5 Å². The molecule has 3 rings (SSSR count). The fraction of sp³-hybridized carbons (Fsp3) is 0.500. The summed E-state index contributed by atoms with van der Waals surface area (Å²) in [7, 11) is 0. The summed E-state index contributed by atoms with van der Waals surface area (Å²) in [5, 5.41) is 9.19. The summed E-state index contributed by atoms with van der Waals surface area (Å²) in [5.41, 5.74) is 3.39. The number of aryl methyl sites for hydroxylation is 1. The number of likely N-dealkylation sites (tertiary alicyclic amines) is 1. The Hall–Kier alpha value is -1.39. The number of fused-ring (bicyclic) bond motifs is 1. The van der Waals surface area contributed by atoms with Crippen LogP contribution < -0.4 is 0 Å². The van der Waals surface area contributed by atoms with Gasteiger partial charge >= 0.3 is 0 Å². The predicted octanol–water partition coefficient (Wildman–Crippen LogP) is 1.46. The fourth-order valence-corrected chi connectivity index (χ4v) is 2.77. The Bertz CT molecular complexity index is 549. The highest BCUT2D eigenvalue weighted by molar-refractivity contribution is 5.42. The lowest BCUT2D eigenvalue weighted by molar-refractivity contribution is 0.219. The van der Waals surface area contributed by atoms with Crippen LogP contribution in [-0.2, 0) is 6.54 Å². The van der Waals surface area contributed by atoms with Crippen LogP contribution in [0.1, 0.15) is 17.8 Å². The van der Waals surface area contributed by atoms with E-state index >= 15 is 0 Å². The van der Waals surface area contributed by atoms with Gasteiger partial charge in [-0.3, -0.25) is 4.90 Å². The molecule has 0 bridgehead atoms. The number of imidazole rings is 1. The third kappa shape index (κ3) is 2.02. The standard InChI is InChI=1S/C14H19N3O/c1-11-13(9-16-7-5-12(8-16)10-18)17-6-3-2-4-14(17)15-11/h2-4,6,12,18H,5,7-10H2,1H3. The van der Waals surface area contributed by atoms with Crippen molar-refractivity contribution in [1.82, 2.24) is 14.3 Å². The Morgan fingerprint density at radius 3 is 3.11 bits per heavy atom. The second-order valence-electron chi connectivity index (χ2n) is 5.15. The summed E-state index contributed by atoms with van der Waals surface area (Å²) in [6.45, 7) is 5.37. The zero-order valence-electron chi connectivity index (χ0n) is 10.7. The Kier molecular flexibility index (Phi) is 3.06. The quantitative estimate of drug-likeness (QED) is 0.890. The highest BCUT2D eigenvalue weighted by Crippen LogP contribution is 2.20. The van der Waals surface area contributed by atoms with Gasteiger partial charge in [-0.2, -0.15) is 0 Å². The third-order valence-electron chi connectivity index (χ3n) is 3.83. The van der Waals surface area contributed by atoms with Crippen molar-refractivity contribution in [3.8, 4) is 0 Å². The average molecular weight is 245 g/mol. The van der Waals surface area contributed by atoms with Crippen molar-refractivity contribution < 1.29 is 5.11 Å². The van der Waals surface area contributed by atoms with Gasteiger partial charge in [0.05, 0.1) is 11.4 Å². The molecule has 4 heteroatoms. The first-order chi connectivity index (χ1) is 8.78.